The van der Waals surface area contributed by atoms with Crippen LogP contribution >= 0.6 is 0 Å². The molecule has 1 saturated heterocycles. The first-order valence-corrected chi connectivity index (χ1v) is 12.2. The zero-order chi connectivity index (χ0) is 26.8. The third-order valence-corrected chi connectivity index (χ3v) is 5.56. The molecule has 1 fully saturated rings. The van der Waals surface area contributed by atoms with E-state index in [4.69, 9.17) is 24.7 Å². The number of carbonyl (C=O) groups excluding carboxylic acids is 4. The predicted molar refractivity (Wildman–Crippen MR) is 126 cm³/mol. The van der Waals surface area contributed by atoms with Crippen LogP contribution in [-0.4, -0.2) is 68.5 Å². The van der Waals surface area contributed by atoms with Gasteiger partial charge in [-0.2, -0.15) is 0 Å². The zero-order valence-electron chi connectivity index (χ0n) is 20.8. The van der Waals surface area contributed by atoms with Crippen molar-refractivity contribution in [3.8, 4) is 0 Å². The molecule has 3 rings (SSSR count). The molecule has 1 amide bonds. The molecule has 0 bridgehead atoms. The molecular formula is C24H31N5O8. The van der Waals surface area contributed by atoms with E-state index in [-0.39, 0.29) is 30.8 Å². The fraction of sp³-hybridized carbons (Fsp3) is 0.542. The number of carbonyl (C=O) groups is 4. The number of ether oxygens (including phenoxy) is 4. The number of nitrogens with two attached hydrogens (primary N) is 1. The molecule has 2 aromatic rings. The fourth-order valence-electron chi connectivity index (χ4n) is 3.62. The van der Waals surface area contributed by atoms with Crippen LogP contribution in [0.1, 0.15) is 79.6 Å². The maximum Gasteiger partial charge on any atom is 0.339 e. The van der Waals surface area contributed by atoms with Crippen LogP contribution in [0.5, 0.6) is 0 Å². The second-order valence-corrected chi connectivity index (χ2v) is 8.43. The summed E-state index contributed by atoms with van der Waals surface area (Å²) in [6, 6.07) is 3.12. The number of amides is 1. The average molecular weight is 518 g/mol. The molecule has 4 atom stereocenters. The number of aromatic nitrogens is 4. The van der Waals surface area contributed by atoms with Gasteiger partial charge in [-0.25, -0.2) is 14.5 Å². The molecule has 200 valence electrons. The van der Waals surface area contributed by atoms with Gasteiger partial charge in [-0.05, 0) is 25.0 Å². The third kappa shape index (κ3) is 7.56. The molecule has 13 heteroatoms. The van der Waals surface area contributed by atoms with Gasteiger partial charge >= 0.3 is 17.9 Å². The Kier molecular flexibility index (Phi) is 10.1. The minimum absolute atomic E-state index is 0.140. The molecule has 1 aliphatic heterocycles. The van der Waals surface area contributed by atoms with Crippen LogP contribution in [0, 0.1) is 0 Å². The normalized spacial score (nSPS) is 20.8. The highest BCUT2D eigenvalue weighted by atomic mass is 16.7. The molecule has 0 aromatic carbocycles. The molecule has 13 nitrogen and oxygen atoms in total. The summed E-state index contributed by atoms with van der Waals surface area (Å²) in [7, 11) is 0. The standard InChI is InChI=1S/C24H31N5O8/c1-3-5-9-17(30)36-19-16(13-34-24(33)15-8-7-11-26-12-15)35-23(20(19)37-18(31)10-6-4-2)29-14-27-22(28-29)21(25)32/h7-8,11-12,14,16,19-20,23H,3-6,9-10,13H2,1-2H3,(H2,25,32)/t16-,19-,20-,23-/m1/s1. The lowest BCUT2D eigenvalue weighted by atomic mass is 10.1. The first kappa shape index (κ1) is 27.7. The topological polar surface area (TPSA) is 175 Å². The summed E-state index contributed by atoms with van der Waals surface area (Å²) < 4.78 is 24.0. The molecule has 2 N–H and O–H groups in total. The Morgan fingerprint density at radius 1 is 1.05 bits per heavy atom. The molecule has 37 heavy (non-hydrogen) atoms. The Bertz CT molecular complexity index is 1080. The van der Waals surface area contributed by atoms with Crippen molar-refractivity contribution in [1.29, 1.82) is 0 Å². The van der Waals surface area contributed by atoms with Crippen molar-refractivity contribution in [1.82, 2.24) is 19.7 Å². The minimum atomic E-state index is -1.15. The SMILES string of the molecule is CCCCC(=O)O[C@@H]1[C@H](OC(=O)CCCC)[C@@H](COC(=O)c2cccnc2)O[C@H]1n1cnc(C(N)=O)n1. The van der Waals surface area contributed by atoms with E-state index in [0.29, 0.717) is 12.8 Å². The van der Waals surface area contributed by atoms with Crippen LogP contribution in [0.3, 0.4) is 0 Å². The minimum Gasteiger partial charge on any atom is -0.459 e. The molecule has 3 heterocycles. The summed E-state index contributed by atoms with van der Waals surface area (Å²) in [6.45, 7) is 3.54. The maximum atomic E-state index is 12.6. The molecule has 2 aromatic heterocycles. The third-order valence-electron chi connectivity index (χ3n) is 5.56. The van der Waals surface area contributed by atoms with Gasteiger partial charge in [0.15, 0.2) is 18.4 Å². The quantitative estimate of drug-likeness (QED) is 0.302. The largest absolute Gasteiger partial charge is 0.459 e. The monoisotopic (exact) mass is 517 g/mol. The molecule has 0 saturated carbocycles. The number of pyridine rings is 1. The van der Waals surface area contributed by atoms with Gasteiger partial charge in [-0.1, -0.05) is 26.7 Å². The number of rotatable bonds is 13. The summed E-state index contributed by atoms with van der Waals surface area (Å²) >= 11 is 0. The summed E-state index contributed by atoms with van der Waals surface area (Å²) in [4.78, 5) is 56.9. The van der Waals surface area contributed by atoms with Gasteiger partial charge in [-0.3, -0.25) is 19.4 Å². The zero-order valence-corrected chi connectivity index (χ0v) is 20.8. The number of hydrogen-bond acceptors (Lipinski definition) is 11. The Morgan fingerprint density at radius 3 is 2.30 bits per heavy atom. The first-order chi connectivity index (χ1) is 17.8. The van der Waals surface area contributed by atoms with Gasteiger partial charge in [0.25, 0.3) is 5.91 Å². The van der Waals surface area contributed by atoms with E-state index in [0.717, 1.165) is 17.5 Å². The highest BCUT2D eigenvalue weighted by molar-refractivity contribution is 5.89. The Labute approximate surface area is 213 Å². The second kappa shape index (κ2) is 13.4. The van der Waals surface area contributed by atoms with Gasteiger partial charge in [0.05, 0.1) is 5.56 Å². The highest BCUT2D eigenvalue weighted by Gasteiger charge is 2.51. The van der Waals surface area contributed by atoms with Crippen LogP contribution in [0.25, 0.3) is 0 Å². The number of nitrogens with zero attached hydrogens (tertiary/aromatic N) is 4. The van der Waals surface area contributed by atoms with Crippen LogP contribution in [-0.2, 0) is 28.5 Å². The smallest absolute Gasteiger partial charge is 0.339 e. The van der Waals surface area contributed by atoms with Crippen molar-refractivity contribution in [2.24, 2.45) is 5.73 Å². The van der Waals surface area contributed by atoms with Gasteiger partial charge in [0, 0.05) is 25.2 Å². The Balaban J connectivity index is 1.87. The second-order valence-electron chi connectivity index (χ2n) is 8.43. The summed E-state index contributed by atoms with van der Waals surface area (Å²) in [5.41, 5.74) is 5.48. The van der Waals surface area contributed by atoms with E-state index in [2.05, 4.69) is 15.1 Å². The van der Waals surface area contributed by atoms with Crippen LogP contribution in [0.4, 0.5) is 0 Å². The van der Waals surface area contributed by atoms with Crippen LogP contribution in [0.2, 0.25) is 0 Å². The van der Waals surface area contributed by atoms with E-state index in [1.54, 1.807) is 6.07 Å². The molecular weight excluding hydrogens is 486 g/mol. The lowest BCUT2D eigenvalue weighted by Crippen LogP contribution is -2.41. The number of esters is 3. The van der Waals surface area contributed by atoms with Crippen molar-refractivity contribution in [3.63, 3.8) is 0 Å². The summed E-state index contributed by atoms with van der Waals surface area (Å²) in [5, 5.41) is 4.01. The average Bonchev–Trinajstić information content (AvgIpc) is 3.51. The first-order valence-electron chi connectivity index (χ1n) is 12.2. The van der Waals surface area contributed by atoms with Gasteiger partial charge in [0.1, 0.15) is 19.0 Å². The van der Waals surface area contributed by atoms with E-state index >= 15 is 0 Å². The van der Waals surface area contributed by atoms with E-state index in [1.807, 2.05) is 13.8 Å². The van der Waals surface area contributed by atoms with Crippen molar-refractivity contribution in [3.05, 3.63) is 42.2 Å². The Hall–Kier alpha value is -3.87. The lowest BCUT2D eigenvalue weighted by Gasteiger charge is -2.24. The molecule has 0 radical (unpaired) electrons. The van der Waals surface area contributed by atoms with Crippen molar-refractivity contribution in [2.75, 3.05) is 6.61 Å². The van der Waals surface area contributed by atoms with Crippen LogP contribution < -0.4 is 5.73 Å². The molecule has 0 unspecified atom stereocenters. The van der Waals surface area contributed by atoms with Crippen LogP contribution in [0.15, 0.2) is 30.9 Å². The summed E-state index contributed by atoms with van der Waals surface area (Å²) in [6.07, 6.45) is 2.67. The van der Waals surface area contributed by atoms with Crippen molar-refractivity contribution >= 4 is 23.8 Å². The van der Waals surface area contributed by atoms with Crippen molar-refractivity contribution in [2.45, 2.75) is 76.9 Å². The molecule has 1 aliphatic rings. The lowest BCUT2D eigenvalue weighted by molar-refractivity contribution is -0.169. The van der Waals surface area contributed by atoms with Gasteiger partial charge in [-0.15, -0.1) is 5.10 Å². The van der Waals surface area contributed by atoms with E-state index < -0.39 is 48.4 Å². The van der Waals surface area contributed by atoms with Gasteiger partial charge < -0.3 is 24.7 Å². The van der Waals surface area contributed by atoms with Gasteiger partial charge in [0.2, 0.25) is 5.82 Å². The fourth-order valence-corrected chi connectivity index (χ4v) is 3.62. The van der Waals surface area contributed by atoms with E-state index in [9.17, 15) is 19.2 Å². The molecule has 0 aliphatic carbocycles. The Morgan fingerprint density at radius 2 is 1.73 bits per heavy atom. The van der Waals surface area contributed by atoms with E-state index in [1.165, 1.54) is 24.8 Å². The molecule has 0 spiro atoms. The highest BCUT2D eigenvalue weighted by Crippen LogP contribution is 2.34. The van der Waals surface area contributed by atoms with Crippen molar-refractivity contribution < 1.29 is 38.1 Å². The number of unbranched alkanes of at least 4 members (excludes halogenated alkanes) is 2. The summed E-state index contributed by atoms with van der Waals surface area (Å²) in [5.74, 6) is -2.85. The maximum absolute atomic E-state index is 12.6. The number of primary amides is 1. The number of hydrogen-bond donors (Lipinski definition) is 1. The predicted octanol–water partition coefficient (Wildman–Crippen LogP) is 1.73.